The molecule has 0 spiro atoms. The Morgan fingerprint density at radius 3 is 2.44 bits per heavy atom. The van der Waals surface area contributed by atoms with Gasteiger partial charge in [-0.15, -0.1) is 11.8 Å². The van der Waals surface area contributed by atoms with Gasteiger partial charge in [0.25, 0.3) is 0 Å². The number of carbonyl (C=O) groups excluding carboxylic acids is 1. The number of ether oxygens (including phenoxy) is 2. The van der Waals surface area contributed by atoms with E-state index >= 15 is 0 Å². The molecular weight excluding hydrogens is 360 g/mol. The van der Waals surface area contributed by atoms with Crippen molar-refractivity contribution < 1.29 is 14.3 Å². The minimum absolute atomic E-state index is 0.0274. The number of nitrogens with zero attached hydrogens (tertiary/aromatic N) is 2. The lowest BCUT2D eigenvalue weighted by atomic mass is 10.1. The molecule has 27 heavy (non-hydrogen) atoms. The maximum atomic E-state index is 12.7. The van der Waals surface area contributed by atoms with Crippen LogP contribution in [0.15, 0.2) is 42.5 Å². The first kappa shape index (κ1) is 19.1. The Morgan fingerprint density at radius 2 is 1.81 bits per heavy atom. The van der Waals surface area contributed by atoms with Crippen molar-refractivity contribution in [1.29, 1.82) is 5.26 Å². The zero-order valence-corrected chi connectivity index (χ0v) is 16.5. The predicted octanol–water partition coefficient (Wildman–Crippen LogP) is 3.78. The number of hydrogen-bond acceptors (Lipinski definition) is 5. The number of benzene rings is 2. The number of methoxy groups -OCH3 is 2. The van der Waals surface area contributed by atoms with E-state index in [1.807, 2.05) is 42.2 Å². The van der Waals surface area contributed by atoms with Crippen molar-refractivity contribution in [2.75, 3.05) is 20.8 Å². The molecule has 6 heteroatoms. The normalized spacial score (nSPS) is 19.0. The first-order chi connectivity index (χ1) is 13.1. The quantitative estimate of drug-likeness (QED) is 0.761. The third-order valence-electron chi connectivity index (χ3n) is 4.66. The summed E-state index contributed by atoms with van der Waals surface area (Å²) in [5.41, 5.74) is 2.76. The molecule has 0 N–H and O–H groups in total. The summed E-state index contributed by atoms with van der Waals surface area (Å²) >= 11 is 1.65. The molecule has 0 unspecified atom stereocenters. The number of amides is 1. The standard InChI is InChI=1S/C21H22N2O3S/c1-14-20(24)23(21(27-14)17-7-4-16(13-22)5-8-17)11-10-15-6-9-18(25-2)19(12-15)26-3/h4-9,12,14,21H,10-11H2,1-3H3/t14-,21-/m0/s1. The minimum atomic E-state index is -0.0731. The maximum Gasteiger partial charge on any atom is 0.236 e. The first-order valence-electron chi connectivity index (χ1n) is 8.74. The third-order valence-corrected chi connectivity index (χ3v) is 6.06. The molecule has 1 heterocycles. The summed E-state index contributed by atoms with van der Waals surface area (Å²) in [7, 11) is 3.23. The van der Waals surface area contributed by atoms with E-state index < -0.39 is 0 Å². The Morgan fingerprint density at radius 1 is 1.11 bits per heavy atom. The Bertz CT molecular complexity index is 861. The summed E-state index contributed by atoms with van der Waals surface area (Å²) in [5.74, 6) is 1.53. The van der Waals surface area contributed by atoms with Crippen LogP contribution in [0.2, 0.25) is 0 Å². The highest BCUT2D eigenvalue weighted by atomic mass is 32.2. The number of rotatable bonds is 6. The van der Waals surface area contributed by atoms with Crippen LogP contribution in [-0.2, 0) is 11.2 Å². The van der Waals surface area contributed by atoms with E-state index in [-0.39, 0.29) is 16.5 Å². The van der Waals surface area contributed by atoms with Gasteiger partial charge in [-0.25, -0.2) is 0 Å². The smallest absolute Gasteiger partial charge is 0.236 e. The Labute approximate surface area is 163 Å². The molecule has 0 aliphatic carbocycles. The molecule has 1 fully saturated rings. The highest BCUT2D eigenvalue weighted by molar-refractivity contribution is 8.01. The maximum absolute atomic E-state index is 12.7. The Balaban J connectivity index is 1.76. The summed E-state index contributed by atoms with van der Waals surface area (Å²) in [6.45, 7) is 2.57. The Kier molecular flexibility index (Phi) is 5.92. The summed E-state index contributed by atoms with van der Waals surface area (Å²) in [5, 5.41) is 8.88. The summed E-state index contributed by atoms with van der Waals surface area (Å²) in [6, 6.07) is 15.4. The number of nitriles is 1. The van der Waals surface area contributed by atoms with Crippen molar-refractivity contribution in [1.82, 2.24) is 4.90 Å². The molecule has 2 aromatic rings. The van der Waals surface area contributed by atoms with Gasteiger partial charge >= 0.3 is 0 Å². The molecule has 0 saturated carbocycles. The molecule has 1 amide bonds. The van der Waals surface area contributed by atoms with Crippen LogP contribution in [0.1, 0.15) is 29.0 Å². The minimum Gasteiger partial charge on any atom is -0.493 e. The molecule has 2 aromatic carbocycles. The van der Waals surface area contributed by atoms with Crippen LogP contribution >= 0.6 is 11.8 Å². The van der Waals surface area contributed by atoms with Crippen molar-refractivity contribution >= 4 is 17.7 Å². The second-order valence-electron chi connectivity index (χ2n) is 6.34. The molecule has 2 atom stereocenters. The van der Waals surface area contributed by atoms with Crippen molar-refractivity contribution in [3.63, 3.8) is 0 Å². The predicted molar refractivity (Wildman–Crippen MR) is 106 cm³/mol. The van der Waals surface area contributed by atoms with Crippen LogP contribution in [0.4, 0.5) is 0 Å². The van der Waals surface area contributed by atoms with Gasteiger partial charge in [-0.2, -0.15) is 5.26 Å². The van der Waals surface area contributed by atoms with Crippen molar-refractivity contribution in [3.05, 3.63) is 59.2 Å². The summed E-state index contributed by atoms with van der Waals surface area (Å²) < 4.78 is 10.6. The van der Waals surface area contributed by atoms with E-state index in [1.54, 1.807) is 38.1 Å². The fraction of sp³-hybridized carbons (Fsp3) is 0.333. The van der Waals surface area contributed by atoms with Gasteiger partial charge in [-0.3, -0.25) is 4.79 Å². The van der Waals surface area contributed by atoms with Gasteiger partial charge in [0.2, 0.25) is 5.91 Å². The average molecular weight is 382 g/mol. The molecule has 1 aliphatic rings. The van der Waals surface area contributed by atoms with Gasteiger partial charge in [0, 0.05) is 6.54 Å². The average Bonchev–Trinajstić information content (AvgIpc) is 3.00. The molecule has 1 aliphatic heterocycles. The van der Waals surface area contributed by atoms with Crippen LogP contribution in [0.3, 0.4) is 0 Å². The fourth-order valence-electron chi connectivity index (χ4n) is 3.17. The van der Waals surface area contributed by atoms with E-state index in [0.29, 0.717) is 23.6 Å². The lowest BCUT2D eigenvalue weighted by Crippen LogP contribution is -2.32. The van der Waals surface area contributed by atoms with E-state index in [2.05, 4.69) is 6.07 Å². The monoisotopic (exact) mass is 382 g/mol. The zero-order chi connectivity index (χ0) is 19.4. The second kappa shape index (κ2) is 8.36. The highest BCUT2D eigenvalue weighted by Gasteiger charge is 2.38. The topological polar surface area (TPSA) is 62.6 Å². The van der Waals surface area contributed by atoms with Crippen LogP contribution in [0.5, 0.6) is 11.5 Å². The van der Waals surface area contributed by atoms with Crippen LogP contribution in [-0.4, -0.2) is 36.8 Å². The number of carbonyl (C=O) groups is 1. The van der Waals surface area contributed by atoms with Gasteiger partial charge in [-0.1, -0.05) is 18.2 Å². The SMILES string of the molecule is COc1ccc(CCN2C(=O)[C@H](C)S[C@H]2c2ccc(C#N)cc2)cc1OC. The summed E-state index contributed by atoms with van der Waals surface area (Å²) in [6.07, 6.45) is 0.728. The highest BCUT2D eigenvalue weighted by Crippen LogP contribution is 2.43. The van der Waals surface area contributed by atoms with Crippen LogP contribution in [0.25, 0.3) is 0 Å². The van der Waals surface area contributed by atoms with Gasteiger partial charge in [0.15, 0.2) is 11.5 Å². The first-order valence-corrected chi connectivity index (χ1v) is 9.68. The molecule has 140 valence electrons. The zero-order valence-electron chi connectivity index (χ0n) is 15.6. The third kappa shape index (κ3) is 4.04. The van der Waals surface area contributed by atoms with Crippen molar-refractivity contribution in [3.8, 4) is 17.6 Å². The number of thioether (sulfide) groups is 1. The van der Waals surface area contributed by atoms with Gasteiger partial charge in [-0.05, 0) is 48.7 Å². The number of hydrogen-bond donors (Lipinski definition) is 0. The van der Waals surface area contributed by atoms with E-state index in [0.717, 1.165) is 17.5 Å². The lowest BCUT2D eigenvalue weighted by Gasteiger charge is -2.24. The van der Waals surface area contributed by atoms with Crippen molar-refractivity contribution in [2.24, 2.45) is 0 Å². The molecule has 5 nitrogen and oxygen atoms in total. The fourth-order valence-corrected chi connectivity index (χ4v) is 4.48. The van der Waals surface area contributed by atoms with Gasteiger partial charge in [0.1, 0.15) is 5.37 Å². The van der Waals surface area contributed by atoms with E-state index in [4.69, 9.17) is 14.7 Å². The van der Waals surface area contributed by atoms with E-state index in [9.17, 15) is 4.79 Å². The van der Waals surface area contributed by atoms with Gasteiger partial charge < -0.3 is 14.4 Å². The second-order valence-corrected chi connectivity index (χ2v) is 7.76. The molecule has 0 aromatic heterocycles. The van der Waals surface area contributed by atoms with Crippen molar-refractivity contribution in [2.45, 2.75) is 24.0 Å². The molecule has 0 bridgehead atoms. The van der Waals surface area contributed by atoms with Gasteiger partial charge in [0.05, 0.1) is 31.1 Å². The van der Waals surface area contributed by atoms with Crippen LogP contribution < -0.4 is 9.47 Å². The largest absolute Gasteiger partial charge is 0.493 e. The van der Waals surface area contributed by atoms with Crippen LogP contribution in [0, 0.1) is 11.3 Å². The summed E-state index contributed by atoms with van der Waals surface area (Å²) in [4.78, 5) is 14.6. The molecule has 3 rings (SSSR count). The molecule has 1 saturated heterocycles. The molecular formula is C21H22N2O3S. The lowest BCUT2D eigenvalue weighted by molar-refractivity contribution is -0.129. The Hall–Kier alpha value is -2.65. The van der Waals surface area contributed by atoms with E-state index in [1.165, 1.54) is 0 Å². The molecule has 0 radical (unpaired) electrons.